The fraction of sp³-hybridized carbons (Fsp3) is 0.333. The van der Waals surface area contributed by atoms with E-state index in [1.165, 1.54) is 11.1 Å². The van der Waals surface area contributed by atoms with Crippen LogP contribution in [0.4, 0.5) is 5.69 Å². The zero-order valence-electron chi connectivity index (χ0n) is 15.4. The monoisotopic (exact) mass is 424 g/mol. The lowest BCUT2D eigenvalue weighted by Gasteiger charge is -2.43. The molecular formula is C21H21BrN4O. The number of fused-ring (bicyclic) bond motifs is 4. The molecule has 6 heteroatoms. The van der Waals surface area contributed by atoms with Gasteiger partial charge in [0.25, 0.3) is 5.56 Å². The van der Waals surface area contributed by atoms with Gasteiger partial charge in [-0.3, -0.25) is 14.3 Å². The van der Waals surface area contributed by atoms with E-state index in [9.17, 15) is 4.79 Å². The fourth-order valence-electron chi connectivity index (χ4n) is 4.61. The molecule has 2 aromatic heterocycles. The minimum Gasteiger partial charge on any atom is -0.367 e. The van der Waals surface area contributed by atoms with E-state index in [0.29, 0.717) is 12.1 Å². The van der Waals surface area contributed by atoms with Gasteiger partial charge in [-0.25, -0.2) is 4.98 Å². The molecule has 5 rings (SSSR count). The molecule has 4 heterocycles. The predicted octanol–water partition coefficient (Wildman–Crippen LogP) is 3.46. The minimum atomic E-state index is -0.0120. The van der Waals surface area contributed by atoms with Crippen molar-refractivity contribution in [2.24, 2.45) is 7.05 Å². The number of benzene rings is 1. The molecule has 5 nitrogen and oxygen atoms in total. The predicted molar refractivity (Wildman–Crippen MR) is 111 cm³/mol. The summed E-state index contributed by atoms with van der Waals surface area (Å²) in [6.45, 7) is 5.06. The molecular weight excluding hydrogens is 404 g/mol. The Morgan fingerprint density at radius 2 is 2.04 bits per heavy atom. The second-order valence-corrected chi connectivity index (χ2v) is 8.50. The number of aromatic nitrogens is 2. The van der Waals surface area contributed by atoms with Crippen molar-refractivity contribution in [3.63, 3.8) is 0 Å². The lowest BCUT2D eigenvalue weighted by molar-refractivity contribution is 0.134. The highest BCUT2D eigenvalue weighted by Crippen LogP contribution is 2.41. The Morgan fingerprint density at radius 3 is 2.89 bits per heavy atom. The first kappa shape index (κ1) is 17.0. The van der Waals surface area contributed by atoms with E-state index < -0.39 is 0 Å². The van der Waals surface area contributed by atoms with Gasteiger partial charge >= 0.3 is 0 Å². The van der Waals surface area contributed by atoms with Crippen LogP contribution in [0.2, 0.25) is 0 Å². The van der Waals surface area contributed by atoms with Crippen LogP contribution in [-0.2, 0) is 13.6 Å². The zero-order valence-corrected chi connectivity index (χ0v) is 17.0. The molecule has 27 heavy (non-hydrogen) atoms. The average molecular weight is 425 g/mol. The first-order valence-corrected chi connectivity index (χ1v) is 10.1. The van der Waals surface area contributed by atoms with Crippen LogP contribution < -0.4 is 10.5 Å². The molecule has 0 saturated carbocycles. The number of aryl methyl sites for hydroxylation is 1. The number of anilines is 1. The van der Waals surface area contributed by atoms with E-state index in [1.807, 2.05) is 6.07 Å². The number of pyridine rings is 2. The van der Waals surface area contributed by atoms with Gasteiger partial charge in [0.05, 0.1) is 11.7 Å². The van der Waals surface area contributed by atoms with Gasteiger partial charge in [0.15, 0.2) is 0 Å². The van der Waals surface area contributed by atoms with Crippen LogP contribution in [0.1, 0.15) is 24.1 Å². The van der Waals surface area contributed by atoms with Gasteiger partial charge in [0.2, 0.25) is 0 Å². The first-order chi connectivity index (χ1) is 13.0. The lowest BCUT2D eigenvalue weighted by Crippen LogP contribution is -2.51. The van der Waals surface area contributed by atoms with Gasteiger partial charge in [-0.1, -0.05) is 22.0 Å². The molecule has 1 saturated heterocycles. The average Bonchev–Trinajstić information content (AvgIpc) is 3.03. The van der Waals surface area contributed by atoms with Crippen molar-refractivity contribution in [3.05, 3.63) is 68.5 Å². The van der Waals surface area contributed by atoms with Crippen LogP contribution in [0.5, 0.6) is 0 Å². The van der Waals surface area contributed by atoms with Crippen molar-refractivity contribution in [3.8, 4) is 0 Å². The number of hydrogen-bond acceptors (Lipinski definition) is 4. The summed E-state index contributed by atoms with van der Waals surface area (Å²) in [6.07, 6.45) is 1.75. The van der Waals surface area contributed by atoms with Crippen molar-refractivity contribution in [1.82, 2.24) is 14.5 Å². The summed E-state index contributed by atoms with van der Waals surface area (Å²) in [4.78, 5) is 21.9. The number of nitrogens with zero attached hydrogens (tertiary/aromatic N) is 4. The smallest absolute Gasteiger partial charge is 0.253 e. The Labute approximate surface area is 166 Å². The quantitative estimate of drug-likeness (QED) is 0.599. The summed E-state index contributed by atoms with van der Waals surface area (Å²) in [5.41, 5.74) is 4.53. The summed E-state index contributed by atoms with van der Waals surface area (Å²) in [5, 5.41) is 1.04. The molecule has 2 atom stereocenters. The molecule has 0 amide bonds. The van der Waals surface area contributed by atoms with Crippen molar-refractivity contribution in [2.75, 3.05) is 18.0 Å². The van der Waals surface area contributed by atoms with Crippen molar-refractivity contribution < 1.29 is 0 Å². The van der Waals surface area contributed by atoms with Crippen LogP contribution >= 0.6 is 15.9 Å². The molecule has 1 fully saturated rings. The van der Waals surface area contributed by atoms with E-state index in [1.54, 1.807) is 23.9 Å². The van der Waals surface area contributed by atoms with Gasteiger partial charge in [0.1, 0.15) is 5.65 Å². The molecule has 1 aromatic carbocycles. The van der Waals surface area contributed by atoms with Gasteiger partial charge in [-0.15, -0.1) is 0 Å². The summed E-state index contributed by atoms with van der Waals surface area (Å²) >= 11 is 3.60. The third-order valence-electron chi connectivity index (χ3n) is 5.97. The third kappa shape index (κ3) is 2.62. The maximum atomic E-state index is 12.5. The first-order valence-electron chi connectivity index (χ1n) is 9.26. The van der Waals surface area contributed by atoms with E-state index in [-0.39, 0.29) is 5.56 Å². The standard InChI is InChI=1S/C21H21BrN4O/c1-13-10-25(12-19-16-6-5-15(22)8-14(16)11-26(13)19)18-9-20(27)24(2)21-17(18)4-3-7-23-21/h3-9,13,19H,10-12H2,1-2H3/t13-,19?/m1/s1. The number of hydrogen-bond donors (Lipinski definition) is 0. The number of halogens is 1. The highest BCUT2D eigenvalue weighted by Gasteiger charge is 2.39. The van der Waals surface area contributed by atoms with E-state index in [2.05, 4.69) is 61.9 Å². The molecule has 3 aromatic rings. The molecule has 1 unspecified atom stereocenters. The number of piperazine rings is 1. The molecule has 0 radical (unpaired) electrons. The van der Waals surface area contributed by atoms with Gasteiger partial charge in [-0.05, 0) is 42.3 Å². The Kier molecular flexibility index (Phi) is 3.88. The van der Waals surface area contributed by atoms with Crippen molar-refractivity contribution in [1.29, 1.82) is 0 Å². The Hall–Kier alpha value is -2.18. The minimum absolute atomic E-state index is 0.0120. The molecule has 0 bridgehead atoms. The van der Waals surface area contributed by atoms with Crippen LogP contribution in [0.25, 0.3) is 11.0 Å². The summed E-state index contributed by atoms with van der Waals surface area (Å²) in [6, 6.07) is 13.1. The summed E-state index contributed by atoms with van der Waals surface area (Å²) < 4.78 is 2.76. The summed E-state index contributed by atoms with van der Waals surface area (Å²) in [7, 11) is 1.78. The maximum Gasteiger partial charge on any atom is 0.253 e. The normalized spacial score (nSPS) is 22.1. The van der Waals surface area contributed by atoms with E-state index in [4.69, 9.17) is 0 Å². The second-order valence-electron chi connectivity index (χ2n) is 7.59. The maximum absolute atomic E-state index is 12.5. The second kappa shape index (κ2) is 6.17. The molecule has 0 N–H and O–H groups in total. The van der Waals surface area contributed by atoms with Crippen LogP contribution in [0.15, 0.2) is 51.9 Å². The highest BCUT2D eigenvalue weighted by molar-refractivity contribution is 9.10. The topological polar surface area (TPSA) is 41.4 Å². The van der Waals surface area contributed by atoms with E-state index >= 15 is 0 Å². The van der Waals surface area contributed by atoms with E-state index in [0.717, 1.165) is 40.8 Å². The summed E-state index contributed by atoms with van der Waals surface area (Å²) in [5.74, 6) is 0. The van der Waals surface area contributed by atoms with Crippen LogP contribution in [0.3, 0.4) is 0 Å². The van der Waals surface area contributed by atoms with Gasteiger partial charge in [-0.2, -0.15) is 0 Å². The molecule has 2 aliphatic rings. The number of rotatable bonds is 1. The zero-order chi connectivity index (χ0) is 18.7. The van der Waals surface area contributed by atoms with Crippen molar-refractivity contribution in [2.45, 2.75) is 25.6 Å². The molecule has 138 valence electrons. The molecule has 2 aliphatic heterocycles. The molecule has 0 aliphatic carbocycles. The Balaban J connectivity index is 1.60. The van der Waals surface area contributed by atoms with Gasteiger partial charge in [0, 0.05) is 54.8 Å². The molecule has 0 spiro atoms. The van der Waals surface area contributed by atoms with Crippen LogP contribution in [-0.4, -0.2) is 33.6 Å². The fourth-order valence-corrected chi connectivity index (χ4v) is 5.02. The largest absolute Gasteiger partial charge is 0.367 e. The third-order valence-corrected chi connectivity index (χ3v) is 6.47. The Bertz CT molecular complexity index is 1110. The van der Waals surface area contributed by atoms with Crippen LogP contribution in [0, 0.1) is 0 Å². The Morgan fingerprint density at radius 1 is 1.19 bits per heavy atom. The SMILES string of the molecule is C[C@@H]1CN(c2cc(=O)n(C)c3ncccc23)CC2c3ccc(Br)cc3CN21. The van der Waals surface area contributed by atoms with Crippen molar-refractivity contribution >= 4 is 32.7 Å². The lowest BCUT2D eigenvalue weighted by atomic mass is 10.0. The van der Waals surface area contributed by atoms with Gasteiger partial charge < -0.3 is 4.90 Å². The highest BCUT2D eigenvalue weighted by atomic mass is 79.9.